The third kappa shape index (κ3) is 7.26. The normalized spacial score (nSPS) is 17.7. The Bertz CT molecular complexity index is 1630. The molecule has 46 heavy (non-hydrogen) atoms. The van der Waals surface area contributed by atoms with Crippen molar-refractivity contribution < 1.29 is 19.4 Å². The van der Waals surface area contributed by atoms with Crippen LogP contribution in [-0.4, -0.2) is 65.8 Å². The van der Waals surface area contributed by atoms with E-state index in [4.69, 9.17) is 4.74 Å². The zero-order chi connectivity index (χ0) is 32.8. The molecule has 9 nitrogen and oxygen atoms in total. The number of hydrogen-bond donors (Lipinski definition) is 4. The number of aryl methyl sites for hydroxylation is 1. The first-order valence-electron chi connectivity index (χ1n) is 16.4. The molecule has 4 N–H and O–H groups in total. The Morgan fingerprint density at radius 3 is 2.59 bits per heavy atom. The van der Waals surface area contributed by atoms with Gasteiger partial charge in [-0.1, -0.05) is 51.3 Å². The fraction of sp³-hybridized carbons (Fsp3) is 0.432. The number of aliphatic hydroxyl groups is 1. The Hall–Kier alpha value is -4.23. The fourth-order valence-corrected chi connectivity index (χ4v) is 6.65. The molecule has 9 heteroatoms. The third-order valence-corrected chi connectivity index (χ3v) is 9.32. The number of nitriles is 1. The van der Waals surface area contributed by atoms with E-state index in [2.05, 4.69) is 59.5 Å². The molecule has 5 rings (SSSR count). The number of carbonyl (C=O) groups excluding carboxylic acids is 2. The number of amides is 2. The number of ether oxygens (including phenoxy) is 1. The van der Waals surface area contributed by atoms with Crippen molar-refractivity contribution >= 4 is 29.2 Å². The Morgan fingerprint density at radius 2 is 1.91 bits per heavy atom. The standard InChI is InChI=1S/C37H45N5O4/c1-5-7-25(6-2)18-29(43)22-39-37(45)34-23(3)40-33(35(34)27-10-8-26(21-38)9-11-27)20-31-30-19-28(12-13-32(30)41-36(31)44)24(4)42-14-16-46-17-15-42/h8-13,19-20,24-25,29,40,43H,5-7,14-18,22H2,1-4H3,(H,39,45)(H,41,44)/b31-20-. The maximum absolute atomic E-state index is 13.7. The summed E-state index contributed by atoms with van der Waals surface area (Å²) in [5, 5.41) is 26.1. The summed E-state index contributed by atoms with van der Waals surface area (Å²) >= 11 is 0. The predicted octanol–water partition coefficient (Wildman–Crippen LogP) is 6.05. The van der Waals surface area contributed by atoms with Gasteiger partial charge in [0.2, 0.25) is 0 Å². The molecule has 3 atom stereocenters. The Morgan fingerprint density at radius 1 is 1.17 bits per heavy atom. The molecular weight excluding hydrogens is 578 g/mol. The van der Waals surface area contributed by atoms with Crippen LogP contribution in [-0.2, 0) is 9.53 Å². The van der Waals surface area contributed by atoms with Gasteiger partial charge in [0.1, 0.15) is 0 Å². The van der Waals surface area contributed by atoms with Gasteiger partial charge in [0.15, 0.2) is 0 Å². The minimum atomic E-state index is -0.646. The summed E-state index contributed by atoms with van der Waals surface area (Å²) in [4.78, 5) is 32.8. The molecular formula is C37H45N5O4. The number of benzene rings is 2. The van der Waals surface area contributed by atoms with Crippen molar-refractivity contribution in [2.24, 2.45) is 5.92 Å². The summed E-state index contributed by atoms with van der Waals surface area (Å²) < 4.78 is 5.54. The number of aromatic amines is 1. The molecule has 2 aromatic carbocycles. The van der Waals surface area contributed by atoms with Crippen LogP contribution in [0.25, 0.3) is 22.8 Å². The molecule has 0 saturated carbocycles. The average molecular weight is 624 g/mol. The van der Waals surface area contributed by atoms with Crippen molar-refractivity contribution in [3.8, 4) is 17.2 Å². The van der Waals surface area contributed by atoms with Gasteiger partial charge in [-0.05, 0) is 67.7 Å². The topological polar surface area (TPSA) is 130 Å². The Balaban J connectivity index is 1.50. The van der Waals surface area contributed by atoms with Crippen LogP contribution in [0, 0.1) is 24.2 Å². The maximum atomic E-state index is 13.7. The molecule has 1 saturated heterocycles. The number of H-pyrrole nitrogens is 1. The number of nitrogens with one attached hydrogen (secondary N) is 3. The summed E-state index contributed by atoms with van der Waals surface area (Å²) in [5.41, 5.74) is 6.76. The van der Waals surface area contributed by atoms with Gasteiger partial charge >= 0.3 is 0 Å². The number of aliphatic hydroxyl groups excluding tert-OH is 1. The van der Waals surface area contributed by atoms with E-state index in [0.29, 0.717) is 59.2 Å². The highest BCUT2D eigenvalue weighted by molar-refractivity contribution is 6.35. The number of aromatic nitrogens is 1. The quantitative estimate of drug-likeness (QED) is 0.182. The zero-order valence-electron chi connectivity index (χ0n) is 27.3. The van der Waals surface area contributed by atoms with Crippen molar-refractivity contribution in [3.05, 3.63) is 76.1 Å². The van der Waals surface area contributed by atoms with Gasteiger partial charge in [0, 0.05) is 53.9 Å². The van der Waals surface area contributed by atoms with Crippen LogP contribution < -0.4 is 10.6 Å². The second kappa shape index (κ2) is 14.9. The predicted molar refractivity (Wildman–Crippen MR) is 181 cm³/mol. The highest BCUT2D eigenvalue weighted by Crippen LogP contribution is 2.39. The van der Waals surface area contributed by atoms with Gasteiger partial charge in [-0.15, -0.1) is 0 Å². The Labute approximate surface area is 271 Å². The molecule has 0 bridgehead atoms. The fourth-order valence-electron chi connectivity index (χ4n) is 6.65. The minimum absolute atomic E-state index is 0.146. The van der Waals surface area contributed by atoms with Crippen LogP contribution in [0.2, 0.25) is 0 Å². The van der Waals surface area contributed by atoms with Gasteiger partial charge < -0.3 is 25.5 Å². The number of morpholine rings is 1. The number of rotatable bonds is 12. The molecule has 1 fully saturated rings. The number of nitrogens with zero attached hydrogens (tertiary/aromatic N) is 2. The molecule has 0 radical (unpaired) electrons. The molecule has 1 aromatic heterocycles. The maximum Gasteiger partial charge on any atom is 0.256 e. The smallest absolute Gasteiger partial charge is 0.256 e. The molecule has 2 amide bonds. The van der Waals surface area contributed by atoms with E-state index >= 15 is 0 Å². The van der Waals surface area contributed by atoms with Crippen molar-refractivity contribution in [2.45, 2.75) is 65.5 Å². The van der Waals surface area contributed by atoms with Crippen LogP contribution in [0.5, 0.6) is 0 Å². The van der Waals surface area contributed by atoms with Gasteiger partial charge in [0.25, 0.3) is 11.8 Å². The highest BCUT2D eigenvalue weighted by Gasteiger charge is 2.29. The largest absolute Gasteiger partial charge is 0.391 e. The molecule has 3 aromatic rings. The lowest BCUT2D eigenvalue weighted by molar-refractivity contribution is -0.110. The lowest BCUT2D eigenvalue weighted by atomic mass is 9.94. The first kappa shape index (κ1) is 33.1. The van der Waals surface area contributed by atoms with E-state index in [1.54, 1.807) is 12.1 Å². The molecule has 2 aliphatic heterocycles. The molecule has 3 unspecified atom stereocenters. The lowest BCUT2D eigenvalue weighted by Gasteiger charge is -2.32. The molecule has 3 heterocycles. The van der Waals surface area contributed by atoms with Gasteiger partial charge in [-0.3, -0.25) is 14.5 Å². The third-order valence-electron chi connectivity index (χ3n) is 9.32. The number of hydrogen-bond acceptors (Lipinski definition) is 6. The van der Waals surface area contributed by atoms with E-state index in [-0.39, 0.29) is 24.4 Å². The summed E-state index contributed by atoms with van der Waals surface area (Å²) in [7, 11) is 0. The Kier molecular flexibility index (Phi) is 10.7. The van der Waals surface area contributed by atoms with Crippen LogP contribution in [0.4, 0.5) is 5.69 Å². The first-order valence-corrected chi connectivity index (χ1v) is 16.4. The summed E-state index contributed by atoms with van der Waals surface area (Å²) in [6.45, 7) is 11.5. The highest BCUT2D eigenvalue weighted by atomic mass is 16.5. The average Bonchev–Trinajstić information content (AvgIpc) is 3.57. The van der Waals surface area contributed by atoms with Crippen LogP contribution in [0.15, 0.2) is 42.5 Å². The van der Waals surface area contributed by atoms with Gasteiger partial charge in [-0.2, -0.15) is 5.26 Å². The zero-order valence-corrected chi connectivity index (χ0v) is 27.3. The molecule has 242 valence electrons. The lowest BCUT2D eigenvalue weighted by Crippen LogP contribution is -2.38. The SMILES string of the molecule is CCCC(CC)CC(O)CNC(=O)c1c(C)[nH]c(/C=C2\C(=O)Nc3ccc(C(C)N4CCOCC4)cc32)c1-c1ccc(C#N)cc1. The molecule has 2 aliphatic rings. The summed E-state index contributed by atoms with van der Waals surface area (Å²) in [5.74, 6) is -0.106. The molecule has 0 spiro atoms. The van der Waals surface area contributed by atoms with Gasteiger partial charge in [0.05, 0.1) is 42.1 Å². The summed E-state index contributed by atoms with van der Waals surface area (Å²) in [6.07, 6.45) is 4.89. The van der Waals surface area contributed by atoms with Crippen molar-refractivity contribution in [2.75, 3.05) is 38.2 Å². The van der Waals surface area contributed by atoms with E-state index in [1.165, 1.54) is 0 Å². The van der Waals surface area contributed by atoms with Crippen LogP contribution in [0.3, 0.4) is 0 Å². The minimum Gasteiger partial charge on any atom is -0.391 e. The van der Waals surface area contributed by atoms with E-state index < -0.39 is 6.10 Å². The van der Waals surface area contributed by atoms with Gasteiger partial charge in [-0.25, -0.2) is 0 Å². The van der Waals surface area contributed by atoms with E-state index in [1.807, 2.05) is 31.2 Å². The van der Waals surface area contributed by atoms with E-state index in [9.17, 15) is 20.0 Å². The molecule has 0 aliphatic carbocycles. The number of fused-ring (bicyclic) bond motifs is 1. The van der Waals surface area contributed by atoms with Crippen molar-refractivity contribution in [1.29, 1.82) is 5.26 Å². The first-order chi connectivity index (χ1) is 22.2. The second-order valence-electron chi connectivity index (χ2n) is 12.4. The summed E-state index contributed by atoms with van der Waals surface area (Å²) in [6, 6.07) is 15.5. The van der Waals surface area contributed by atoms with Crippen molar-refractivity contribution in [1.82, 2.24) is 15.2 Å². The number of anilines is 1. The van der Waals surface area contributed by atoms with Crippen LogP contribution >= 0.6 is 0 Å². The van der Waals surface area contributed by atoms with Crippen LogP contribution in [0.1, 0.15) is 90.9 Å². The monoisotopic (exact) mass is 623 g/mol. The number of carbonyl (C=O) groups is 2. The van der Waals surface area contributed by atoms with Crippen molar-refractivity contribution in [3.63, 3.8) is 0 Å². The van der Waals surface area contributed by atoms with E-state index in [0.717, 1.165) is 54.7 Å². The second-order valence-corrected chi connectivity index (χ2v) is 12.4.